The number of hydrogen-bond donors (Lipinski definition) is 1. The van der Waals surface area contributed by atoms with Crippen LogP contribution in [-0.4, -0.2) is 52.0 Å². The first-order valence-electron chi connectivity index (χ1n) is 8.13. The standard InChI is InChI=1S/C17H23N5O/c1-21-10-4-5-14(13-21)17(23)20-9-12-22-11-8-19-16(22)15-6-2-3-7-18-15/h2-3,6-8,11,14H,4-5,9-10,12-13H2,1H3,(H,20,23). The van der Waals surface area contributed by atoms with Gasteiger partial charge in [-0.25, -0.2) is 4.98 Å². The summed E-state index contributed by atoms with van der Waals surface area (Å²) >= 11 is 0. The van der Waals surface area contributed by atoms with Gasteiger partial charge in [0.15, 0.2) is 5.82 Å². The molecule has 23 heavy (non-hydrogen) atoms. The van der Waals surface area contributed by atoms with Gasteiger partial charge in [0.2, 0.25) is 5.91 Å². The Labute approximate surface area is 136 Å². The van der Waals surface area contributed by atoms with E-state index in [0.717, 1.165) is 37.4 Å². The minimum atomic E-state index is 0.117. The normalized spacial score (nSPS) is 18.7. The molecule has 2 aromatic heterocycles. The number of rotatable bonds is 5. The Morgan fingerprint density at radius 1 is 1.35 bits per heavy atom. The number of nitrogens with zero attached hydrogens (tertiary/aromatic N) is 4. The Morgan fingerprint density at radius 3 is 3.04 bits per heavy atom. The summed E-state index contributed by atoms with van der Waals surface area (Å²) in [5.74, 6) is 1.11. The first kappa shape index (κ1) is 15.7. The second-order valence-corrected chi connectivity index (χ2v) is 6.05. The SMILES string of the molecule is CN1CCCC(C(=O)NCCn2ccnc2-c2ccccn2)C1. The van der Waals surface area contributed by atoms with E-state index >= 15 is 0 Å². The third-order valence-corrected chi connectivity index (χ3v) is 4.26. The van der Waals surface area contributed by atoms with Gasteiger partial charge in [0.05, 0.1) is 5.92 Å². The summed E-state index contributed by atoms with van der Waals surface area (Å²) in [6.45, 7) is 3.25. The van der Waals surface area contributed by atoms with Crippen LogP contribution in [0.3, 0.4) is 0 Å². The van der Waals surface area contributed by atoms with Crippen LogP contribution in [0.25, 0.3) is 11.5 Å². The van der Waals surface area contributed by atoms with Crippen molar-refractivity contribution in [3.05, 3.63) is 36.8 Å². The Kier molecular flexibility index (Phi) is 5.02. The maximum atomic E-state index is 12.3. The Bertz CT molecular complexity index is 639. The number of aromatic nitrogens is 3. The average Bonchev–Trinajstić information content (AvgIpc) is 3.04. The van der Waals surface area contributed by atoms with Crippen LogP contribution in [-0.2, 0) is 11.3 Å². The second-order valence-electron chi connectivity index (χ2n) is 6.05. The molecule has 1 N–H and O–H groups in total. The molecule has 6 heteroatoms. The molecule has 1 aliphatic rings. The lowest BCUT2D eigenvalue weighted by molar-refractivity contribution is -0.126. The molecule has 3 rings (SSSR count). The Morgan fingerprint density at radius 2 is 2.26 bits per heavy atom. The highest BCUT2D eigenvalue weighted by atomic mass is 16.1. The highest BCUT2D eigenvalue weighted by Crippen LogP contribution is 2.15. The third kappa shape index (κ3) is 3.96. The molecule has 0 bridgehead atoms. The maximum Gasteiger partial charge on any atom is 0.224 e. The molecule has 2 aromatic rings. The van der Waals surface area contributed by atoms with Crippen LogP contribution in [0.4, 0.5) is 0 Å². The Balaban J connectivity index is 1.53. The third-order valence-electron chi connectivity index (χ3n) is 4.26. The van der Waals surface area contributed by atoms with Crippen LogP contribution in [0, 0.1) is 5.92 Å². The van der Waals surface area contributed by atoms with Gasteiger partial charge < -0.3 is 14.8 Å². The molecule has 0 aliphatic carbocycles. The number of carbonyl (C=O) groups excluding carboxylic acids is 1. The molecule has 0 spiro atoms. The maximum absolute atomic E-state index is 12.3. The minimum Gasteiger partial charge on any atom is -0.354 e. The molecule has 122 valence electrons. The van der Waals surface area contributed by atoms with E-state index in [-0.39, 0.29) is 11.8 Å². The van der Waals surface area contributed by atoms with Gasteiger partial charge in [-0.2, -0.15) is 0 Å². The minimum absolute atomic E-state index is 0.117. The fourth-order valence-corrected chi connectivity index (χ4v) is 3.04. The first-order valence-corrected chi connectivity index (χ1v) is 8.13. The van der Waals surface area contributed by atoms with Crippen molar-refractivity contribution in [2.45, 2.75) is 19.4 Å². The van der Waals surface area contributed by atoms with Crippen molar-refractivity contribution in [1.29, 1.82) is 0 Å². The van der Waals surface area contributed by atoms with E-state index in [4.69, 9.17) is 0 Å². The van der Waals surface area contributed by atoms with Gasteiger partial charge in [-0.15, -0.1) is 0 Å². The van der Waals surface area contributed by atoms with Crippen molar-refractivity contribution in [3.63, 3.8) is 0 Å². The highest BCUT2D eigenvalue weighted by Gasteiger charge is 2.23. The van der Waals surface area contributed by atoms with Gasteiger partial charge in [0.1, 0.15) is 5.69 Å². The van der Waals surface area contributed by atoms with Crippen molar-refractivity contribution in [2.24, 2.45) is 5.92 Å². The van der Waals surface area contributed by atoms with E-state index in [0.29, 0.717) is 13.1 Å². The fourth-order valence-electron chi connectivity index (χ4n) is 3.04. The zero-order valence-electron chi connectivity index (χ0n) is 13.5. The van der Waals surface area contributed by atoms with Crippen LogP contribution in [0.1, 0.15) is 12.8 Å². The summed E-state index contributed by atoms with van der Waals surface area (Å²) < 4.78 is 2.02. The number of amides is 1. The zero-order valence-corrected chi connectivity index (χ0v) is 13.5. The lowest BCUT2D eigenvalue weighted by atomic mass is 9.98. The first-order chi connectivity index (χ1) is 11.2. The molecule has 0 saturated carbocycles. The number of carbonyl (C=O) groups is 1. The number of hydrogen-bond acceptors (Lipinski definition) is 4. The van der Waals surface area contributed by atoms with Crippen molar-refractivity contribution < 1.29 is 4.79 Å². The van der Waals surface area contributed by atoms with Crippen molar-refractivity contribution in [1.82, 2.24) is 24.8 Å². The van der Waals surface area contributed by atoms with Crippen LogP contribution >= 0.6 is 0 Å². The summed E-state index contributed by atoms with van der Waals surface area (Å²) in [7, 11) is 2.07. The summed E-state index contributed by atoms with van der Waals surface area (Å²) in [5, 5.41) is 3.06. The predicted octanol–water partition coefficient (Wildman–Crippen LogP) is 1.40. The van der Waals surface area contributed by atoms with E-state index < -0.39 is 0 Å². The molecule has 1 amide bonds. The molecular weight excluding hydrogens is 290 g/mol. The molecule has 1 unspecified atom stereocenters. The van der Waals surface area contributed by atoms with E-state index in [1.807, 2.05) is 29.0 Å². The van der Waals surface area contributed by atoms with Crippen LogP contribution < -0.4 is 5.32 Å². The lowest BCUT2D eigenvalue weighted by Crippen LogP contribution is -2.42. The van der Waals surface area contributed by atoms with Gasteiger partial charge in [-0.3, -0.25) is 9.78 Å². The zero-order chi connectivity index (χ0) is 16.1. The van der Waals surface area contributed by atoms with Crippen LogP contribution in [0.15, 0.2) is 36.8 Å². The van der Waals surface area contributed by atoms with Crippen LogP contribution in [0.2, 0.25) is 0 Å². The summed E-state index contributed by atoms with van der Waals surface area (Å²) in [5.41, 5.74) is 0.845. The average molecular weight is 313 g/mol. The molecule has 6 nitrogen and oxygen atoms in total. The number of likely N-dealkylation sites (tertiary alicyclic amines) is 1. The number of nitrogens with one attached hydrogen (secondary N) is 1. The van der Waals surface area contributed by atoms with Crippen molar-refractivity contribution in [3.8, 4) is 11.5 Å². The molecule has 1 atom stereocenters. The van der Waals surface area contributed by atoms with Crippen molar-refractivity contribution >= 4 is 5.91 Å². The van der Waals surface area contributed by atoms with Gasteiger partial charge in [-0.1, -0.05) is 6.07 Å². The summed E-state index contributed by atoms with van der Waals surface area (Å²) in [4.78, 5) is 23.2. The number of pyridine rings is 1. The summed E-state index contributed by atoms with van der Waals surface area (Å²) in [6.07, 6.45) is 7.53. The van der Waals surface area contributed by atoms with Crippen LogP contribution in [0.5, 0.6) is 0 Å². The smallest absolute Gasteiger partial charge is 0.224 e. The second kappa shape index (κ2) is 7.37. The Hall–Kier alpha value is -2.21. The van der Waals surface area contributed by atoms with E-state index in [1.165, 1.54) is 0 Å². The highest BCUT2D eigenvalue weighted by molar-refractivity contribution is 5.78. The fraction of sp³-hybridized carbons (Fsp3) is 0.471. The lowest BCUT2D eigenvalue weighted by Gasteiger charge is -2.28. The molecule has 1 fully saturated rings. The van der Waals surface area contributed by atoms with Crippen molar-refractivity contribution in [2.75, 3.05) is 26.7 Å². The topological polar surface area (TPSA) is 63.1 Å². The predicted molar refractivity (Wildman–Crippen MR) is 88.7 cm³/mol. The largest absolute Gasteiger partial charge is 0.354 e. The van der Waals surface area contributed by atoms with Gasteiger partial charge >= 0.3 is 0 Å². The molecule has 3 heterocycles. The number of imidazole rings is 1. The quantitative estimate of drug-likeness (QED) is 0.906. The molecule has 0 radical (unpaired) electrons. The van der Waals surface area contributed by atoms with E-state index in [2.05, 4.69) is 27.2 Å². The van der Waals surface area contributed by atoms with E-state index in [1.54, 1.807) is 12.4 Å². The molecule has 0 aromatic carbocycles. The molecule has 1 saturated heterocycles. The molecule has 1 aliphatic heterocycles. The summed E-state index contributed by atoms with van der Waals surface area (Å²) in [6, 6.07) is 5.77. The van der Waals surface area contributed by atoms with Gasteiger partial charge in [0, 0.05) is 38.2 Å². The molecular formula is C17H23N5O. The van der Waals surface area contributed by atoms with Gasteiger partial charge in [0.25, 0.3) is 0 Å². The number of piperidine rings is 1. The monoisotopic (exact) mass is 313 g/mol. The van der Waals surface area contributed by atoms with Gasteiger partial charge in [-0.05, 0) is 38.6 Å². The van der Waals surface area contributed by atoms with E-state index in [9.17, 15) is 4.79 Å².